The molecule has 0 saturated heterocycles. The van der Waals surface area contributed by atoms with Crippen LogP contribution in [0.25, 0.3) is 11.6 Å². The van der Waals surface area contributed by atoms with Gasteiger partial charge in [-0.25, -0.2) is 4.79 Å². The summed E-state index contributed by atoms with van der Waals surface area (Å²) in [6.45, 7) is 3.36. The number of Topliss-reactive ketones (excluding diaryl/α,β-unsaturated/α-hetero) is 1. The zero-order valence-electron chi connectivity index (χ0n) is 24.4. The molecule has 13 heteroatoms. The highest BCUT2D eigenvalue weighted by molar-refractivity contribution is 7.81. The molecule has 238 valence electrons. The molecule has 44 heavy (non-hydrogen) atoms. The van der Waals surface area contributed by atoms with Gasteiger partial charge in [-0.3, -0.25) is 9.59 Å². The molecule has 2 aromatic rings. The van der Waals surface area contributed by atoms with Crippen molar-refractivity contribution in [1.29, 1.82) is 0 Å². The van der Waals surface area contributed by atoms with Crippen molar-refractivity contribution in [3.8, 4) is 17.4 Å². The Hall–Kier alpha value is -3.97. The van der Waals surface area contributed by atoms with Gasteiger partial charge < -0.3 is 28.8 Å². The van der Waals surface area contributed by atoms with Crippen molar-refractivity contribution in [2.24, 2.45) is 5.92 Å². The van der Waals surface area contributed by atoms with E-state index in [1.54, 1.807) is 12.1 Å². The molecule has 0 aliphatic heterocycles. The molecule has 0 saturated carbocycles. The third kappa shape index (κ3) is 9.02. The number of halogens is 3. The number of phenolic OH excluding ortho intramolecular Hbond substituents is 1. The van der Waals surface area contributed by atoms with Crippen molar-refractivity contribution in [2.45, 2.75) is 64.7 Å². The molecule has 3 rings (SSSR count). The Morgan fingerprint density at radius 2 is 1.98 bits per heavy atom. The minimum absolute atomic E-state index is 0.00103. The number of carbonyl (C=O) groups excluding carboxylic acids is 2. The fourth-order valence-electron chi connectivity index (χ4n) is 4.82. The van der Waals surface area contributed by atoms with Crippen LogP contribution in [0.3, 0.4) is 0 Å². The largest absolute Gasteiger partial charge is 0.516 e. The van der Waals surface area contributed by atoms with Crippen LogP contribution in [0, 0.1) is 5.92 Å². The number of ketones is 1. The maximum atomic E-state index is 13.1. The molecule has 0 spiro atoms. The maximum absolute atomic E-state index is 13.1. The average Bonchev–Trinajstić information content (AvgIpc) is 2.94. The second-order valence-corrected chi connectivity index (χ2v) is 10.6. The van der Waals surface area contributed by atoms with Gasteiger partial charge in [0, 0.05) is 29.2 Å². The molecule has 1 aliphatic carbocycles. The van der Waals surface area contributed by atoms with E-state index in [1.165, 1.54) is 25.1 Å². The van der Waals surface area contributed by atoms with Gasteiger partial charge in [0.2, 0.25) is 0 Å². The van der Waals surface area contributed by atoms with Gasteiger partial charge in [-0.1, -0.05) is 37.7 Å². The minimum atomic E-state index is -4.51. The zero-order chi connectivity index (χ0) is 32.6. The van der Waals surface area contributed by atoms with Crippen molar-refractivity contribution in [3.63, 3.8) is 0 Å². The van der Waals surface area contributed by atoms with Crippen LogP contribution in [0.5, 0.6) is 17.4 Å². The molecule has 2 N–H and O–H groups in total. The van der Waals surface area contributed by atoms with Gasteiger partial charge in [0.15, 0.2) is 11.2 Å². The number of aliphatic hydroxyl groups is 1. The van der Waals surface area contributed by atoms with Crippen molar-refractivity contribution in [1.82, 2.24) is 0 Å². The van der Waals surface area contributed by atoms with Crippen molar-refractivity contribution in [3.05, 3.63) is 62.3 Å². The lowest BCUT2D eigenvalue weighted by Gasteiger charge is -2.25. The van der Waals surface area contributed by atoms with E-state index in [-0.39, 0.29) is 57.6 Å². The third-order valence-electron chi connectivity index (χ3n) is 6.83. The summed E-state index contributed by atoms with van der Waals surface area (Å²) >= 11 is 5.35. The molecule has 1 aliphatic rings. The van der Waals surface area contributed by atoms with Crippen LogP contribution in [0.2, 0.25) is 0 Å². The predicted octanol–water partition coefficient (Wildman–Crippen LogP) is 4.70. The fourth-order valence-corrected chi connectivity index (χ4v) is 5.08. The smallest absolute Gasteiger partial charge is 0.507 e. The number of thiocarbonyl (C=S) groups is 1. The number of carbonyl (C=O) groups is 2. The molecule has 1 aromatic heterocycles. The summed E-state index contributed by atoms with van der Waals surface area (Å²) in [5.74, 6) is -1.55. The molecule has 0 bridgehead atoms. The minimum Gasteiger partial charge on any atom is -0.507 e. The molecule has 0 fully saturated rings. The van der Waals surface area contributed by atoms with E-state index in [9.17, 15) is 37.8 Å². The molecule has 0 amide bonds. The molecule has 0 radical (unpaired) electrons. The van der Waals surface area contributed by atoms with Crippen LogP contribution in [0.4, 0.5) is 18.0 Å². The maximum Gasteiger partial charge on any atom is 0.516 e. The van der Waals surface area contributed by atoms with Crippen LogP contribution >= 0.6 is 12.2 Å². The first-order valence-corrected chi connectivity index (χ1v) is 14.2. The number of rotatable bonds is 13. The van der Waals surface area contributed by atoms with Gasteiger partial charge in [0.25, 0.3) is 5.95 Å². The summed E-state index contributed by atoms with van der Waals surface area (Å²) in [4.78, 5) is 36.7. The van der Waals surface area contributed by atoms with Crippen molar-refractivity contribution in [2.75, 3.05) is 13.7 Å². The van der Waals surface area contributed by atoms with E-state index in [1.807, 2.05) is 6.92 Å². The van der Waals surface area contributed by atoms with E-state index < -0.39 is 48.6 Å². The van der Waals surface area contributed by atoms with Crippen LogP contribution in [0.15, 0.2) is 39.6 Å². The topological polar surface area (TPSA) is 132 Å². The highest BCUT2D eigenvalue weighted by Crippen LogP contribution is 2.33. The second kappa shape index (κ2) is 15.2. The van der Waals surface area contributed by atoms with Crippen LogP contribution in [-0.4, -0.2) is 53.0 Å². The molecular weight excluding hydrogens is 605 g/mol. The number of fused-ring (bicyclic) bond motifs is 1. The molecule has 0 unspecified atom stereocenters. The Kier molecular flexibility index (Phi) is 11.9. The summed E-state index contributed by atoms with van der Waals surface area (Å²) in [7, 11) is 1.06. The normalized spacial score (nSPS) is 14.5. The van der Waals surface area contributed by atoms with E-state index in [2.05, 4.69) is 4.74 Å². The van der Waals surface area contributed by atoms with Crippen LogP contribution in [0.1, 0.15) is 61.9 Å². The Bertz CT molecular complexity index is 1610. The lowest BCUT2D eigenvalue weighted by Crippen LogP contribution is -2.45. The average molecular weight is 639 g/mol. The number of ether oxygens (including phenoxy) is 3. The standard InChI is InChI=1S/C31H33F3O9S/c1-4-7-21-25(10-9-19(17(2)35)29(21)38)41-13-6-5-8-20(23(36)11-12-31(32,33)34)22-14-18(44)15-26-28(22)24(37)16-27(42-26)43-30(39)40-3/h5,8-10,15-16,20,23,36,38H,4,6-7,11-14H2,1-3H3/b8-5-/t20-,23+/m0/s1. The van der Waals surface area contributed by atoms with Gasteiger partial charge in [0.1, 0.15) is 16.9 Å². The number of aromatic hydroxyl groups is 1. The lowest BCUT2D eigenvalue weighted by molar-refractivity contribution is -0.140. The molecule has 2 atom stereocenters. The summed E-state index contributed by atoms with van der Waals surface area (Å²) in [6.07, 6.45) is -3.18. The number of methoxy groups -OCH3 is 1. The van der Waals surface area contributed by atoms with Gasteiger partial charge in [-0.15, -0.1) is 0 Å². The van der Waals surface area contributed by atoms with E-state index in [0.29, 0.717) is 24.2 Å². The number of hydrogen-bond acceptors (Lipinski definition) is 10. The number of aliphatic hydroxyl groups excluding tert-OH is 1. The van der Waals surface area contributed by atoms with E-state index in [4.69, 9.17) is 26.1 Å². The fraction of sp³-hybridized carbons (Fsp3) is 0.419. The Morgan fingerprint density at radius 3 is 2.61 bits per heavy atom. The first-order valence-electron chi connectivity index (χ1n) is 13.8. The van der Waals surface area contributed by atoms with Gasteiger partial charge in [-0.2, -0.15) is 13.2 Å². The summed E-state index contributed by atoms with van der Waals surface area (Å²) < 4.78 is 59.7. The van der Waals surface area contributed by atoms with Crippen LogP contribution < -0.4 is 25.5 Å². The number of phenols is 1. The molecular formula is C31H33F3O9S. The first kappa shape index (κ1) is 34.5. The number of benzene rings is 1. The summed E-state index contributed by atoms with van der Waals surface area (Å²) in [6, 6.07) is 3.97. The SMILES string of the molecule is CCCc1c(OCC/C=C\[C@@H](C2=c3c(=O)cc(OC(=O)OC)oc3=CC(=S)C2)[C@H](O)CCC(F)(F)F)ccc(C(C)=O)c1O. The highest BCUT2D eigenvalue weighted by atomic mass is 32.1. The zero-order valence-corrected chi connectivity index (χ0v) is 25.2. The Balaban J connectivity index is 1.94. The van der Waals surface area contributed by atoms with E-state index >= 15 is 0 Å². The van der Waals surface area contributed by atoms with Crippen molar-refractivity contribution >= 4 is 40.7 Å². The summed E-state index contributed by atoms with van der Waals surface area (Å²) in [5, 5.41) is 21.5. The van der Waals surface area contributed by atoms with Gasteiger partial charge in [0.05, 0.1) is 36.7 Å². The van der Waals surface area contributed by atoms with E-state index in [0.717, 1.165) is 13.2 Å². The van der Waals surface area contributed by atoms with Crippen molar-refractivity contribution < 1.29 is 51.6 Å². The third-order valence-corrected chi connectivity index (χ3v) is 7.09. The molecule has 1 heterocycles. The highest BCUT2D eigenvalue weighted by Gasteiger charge is 2.32. The van der Waals surface area contributed by atoms with Crippen LogP contribution in [-0.2, 0) is 11.2 Å². The quantitative estimate of drug-likeness (QED) is 0.105. The number of hydrogen-bond donors (Lipinski definition) is 2. The Labute approximate surface area is 256 Å². The van der Waals surface area contributed by atoms with Gasteiger partial charge >= 0.3 is 12.3 Å². The summed E-state index contributed by atoms with van der Waals surface area (Å²) in [5.41, 5.74) is 0.217. The number of alkyl halides is 3. The Morgan fingerprint density at radius 1 is 1.25 bits per heavy atom. The lowest BCUT2D eigenvalue weighted by atomic mass is 9.84. The van der Waals surface area contributed by atoms with Gasteiger partial charge in [-0.05, 0) is 50.0 Å². The monoisotopic (exact) mass is 638 g/mol. The predicted molar refractivity (Wildman–Crippen MR) is 158 cm³/mol. The first-order chi connectivity index (χ1) is 20.7. The molecule has 9 nitrogen and oxygen atoms in total. The molecule has 1 aromatic carbocycles. The second-order valence-electron chi connectivity index (χ2n) is 10.1.